The van der Waals surface area contributed by atoms with Crippen LogP contribution in [0.15, 0.2) is 9.82 Å². The zero-order chi connectivity index (χ0) is 8.59. The Morgan fingerprint density at radius 1 is 1.64 bits per heavy atom. The SMILES string of the molecule is CC(C)n1c(S)c(O)[nH]c1=O. The van der Waals surface area contributed by atoms with E-state index in [0.717, 1.165) is 0 Å². The van der Waals surface area contributed by atoms with Crippen molar-refractivity contribution in [3.8, 4) is 5.88 Å². The first-order valence-electron chi connectivity index (χ1n) is 3.26. The van der Waals surface area contributed by atoms with Crippen LogP contribution in [0.25, 0.3) is 0 Å². The summed E-state index contributed by atoms with van der Waals surface area (Å²) in [7, 11) is 0. The van der Waals surface area contributed by atoms with Crippen molar-refractivity contribution in [3.63, 3.8) is 0 Å². The highest BCUT2D eigenvalue weighted by Gasteiger charge is 2.11. The second-order valence-corrected chi connectivity index (χ2v) is 2.99. The molecule has 4 nitrogen and oxygen atoms in total. The summed E-state index contributed by atoms with van der Waals surface area (Å²) in [6, 6.07) is 0.00662. The van der Waals surface area contributed by atoms with E-state index in [1.54, 1.807) is 0 Å². The Hall–Kier alpha value is -0.840. The van der Waals surface area contributed by atoms with Gasteiger partial charge in [-0.3, -0.25) is 9.55 Å². The van der Waals surface area contributed by atoms with E-state index in [-0.39, 0.29) is 22.6 Å². The van der Waals surface area contributed by atoms with Crippen LogP contribution < -0.4 is 5.69 Å². The fourth-order valence-corrected chi connectivity index (χ4v) is 1.28. The van der Waals surface area contributed by atoms with Gasteiger partial charge in [0.2, 0.25) is 5.88 Å². The standard InChI is InChI=1S/C6H10N2O2S/c1-3(2)8-5(11)4(9)7-6(8)10/h3,9,11H,1-2H3,(H,7,10). The summed E-state index contributed by atoms with van der Waals surface area (Å²) in [5.41, 5.74) is -0.331. The topological polar surface area (TPSA) is 58.0 Å². The zero-order valence-corrected chi connectivity index (χ0v) is 7.22. The van der Waals surface area contributed by atoms with E-state index >= 15 is 0 Å². The van der Waals surface area contributed by atoms with Crippen molar-refractivity contribution in [2.45, 2.75) is 24.9 Å². The Morgan fingerprint density at radius 3 is 2.36 bits per heavy atom. The van der Waals surface area contributed by atoms with Gasteiger partial charge in [0.25, 0.3) is 0 Å². The molecule has 0 saturated heterocycles. The zero-order valence-electron chi connectivity index (χ0n) is 6.33. The van der Waals surface area contributed by atoms with Gasteiger partial charge in [-0.2, -0.15) is 0 Å². The first kappa shape index (κ1) is 8.26. The van der Waals surface area contributed by atoms with Gasteiger partial charge in [0.15, 0.2) is 0 Å². The average Bonchev–Trinajstić information content (AvgIpc) is 2.07. The van der Waals surface area contributed by atoms with Gasteiger partial charge in [0.1, 0.15) is 5.03 Å². The summed E-state index contributed by atoms with van der Waals surface area (Å²) < 4.78 is 1.37. The van der Waals surface area contributed by atoms with Crippen LogP contribution >= 0.6 is 12.6 Å². The molecule has 0 fully saturated rings. The molecule has 0 radical (unpaired) electrons. The molecule has 0 bridgehead atoms. The lowest BCUT2D eigenvalue weighted by Crippen LogP contribution is -2.18. The second kappa shape index (κ2) is 2.65. The van der Waals surface area contributed by atoms with Crippen molar-refractivity contribution in [3.05, 3.63) is 10.5 Å². The van der Waals surface area contributed by atoms with Gasteiger partial charge in [-0.1, -0.05) is 0 Å². The molecule has 1 heterocycles. The van der Waals surface area contributed by atoms with Crippen molar-refractivity contribution >= 4 is 12.6 Å². The quantitative estimate of drug-likeness (QED) is 0.550. The molecule has 1 aromatic rings. The molecule has 0 aromatic carbocycles. The Labute approximate surface area is 69.3 Å². The summed E-state index contributed by atoms with van der Waals surface area (Å²) in [5, 5.41) is 9.30. The summed E-state index contributed by atoms with van der Waals surface area (Å²) >= 11 is 3.95. The molecule has 62 valence electrons. The van der Waals surface area contributed by atoms with Gasteiger partial charge in [0.05, 0.1) is 0 Å². The fraction of sp³-hybridized carbons (Fsp3) is 0.500. The van der Waals surface area contributed by atoms with Crippen LogP contribution in [0, 0.1) is 0 Å². The Kier molecular flexibility index (Phi) is 1.99. The summed E-state index contributed by atoms with van der Waals surface area (Å²) in [6.07, 6.45) is 0. The minimum absolute atomic E-state index is 0.00662. The number of nitrogens with one attached hydrogen (secondary N) is 1. The lowest BCUT2D eigenvalue weighted by atomic mass is 10.4. The lowest BCUT2D eigenvalue weighted by molar-refractivity contribution is 0.433. The van der Waals surface area contributed by atoms with Crippen LogP contribution in [0.2, 0.25) is 0 Å². The van der Waals surface area contributed by atoms with Crippen LogP contribution in [0.4, 0.5) is 0 Å². The third kappa shape index (κ3) is 1.28. The first-order valence-corrected chi connectivity index (χ1v) is 3.71. The maximum atomic E-state index is 11.0. The lowest BCUT2D eigenvalue weighted by Gasteiger charge is -2.05. The largest absolute Gasteiger partial charge is 0.493 e. The number of hydrogen-bond donors (Lipinski definition) is 3. The minimum Gasteiger partial charge on any atom is -0.493 e. The number of hydrogen-bond acceptors (Lipinski definition) is 3. The van der Waals surface area contributed by atoms with Gasteiger partial charge in [-0.25, -0.2) is 4.79 Å². The predicted molar refractivity (Wildman–Crippen MR) is 44.4 cm³/mol. The van der Waals surface area contributed by atoms with E-state index in [1.165, 1.54) is 4.57 Å². The van der Waals surface area contributed by atoms with Gasteiger partial charge < -0.3 is 5.11 Å². The number of thiol groups is 1. The third-order valence-electron chi connectivity index (χ3n) is 1.40. The molecular formula is C6H10N2O2S. The summed E-state index contributed by atoms with van der Waals surface area (Å²) in [6.45, 7) is 3.68. The molecule has 11 heavy (non-hydrogen) atoms. The Bertz CT molecular complexity index is 313. The van der Waals surface area contributed by atoms with E-state index in [1.807, 2.05) is 13.8 Å². The molecule has 0 saturated carbocycles. The summed E-state index contributed by atoms with van der Waals surface area (Å²) in [5.74, 6) is -0.174. The maximum absolute atomic E-state index is 11.0. The normalized spacial score (nSPS) is 10.9. The van der Waals surface area contributed by atoms with E-state index < -0.39 is 0 Å². The third-order valence-corrected chi connectivity index (χ3v) is 1.83. The van der Waals surface area contributed by atoms with Crippen molar-refractivity contribution in [2.75, 3.05) is 0 Å². The molecule has 0 aliphatic carbocycles. The Morgan fingerprint density at radius 2 is 2.18 bits per heavy atom. The number of H-pyrrole nitrogens is 1. The fourth-order valence-electron chi connectivity index (χ4n) is 0.907. The van der Waals surface area contributed by atoms with Crippen molar-refractivity contribution < 1.29 is 5.11 Å². The average molecular weight is 174 g/mol. The molecule has 0 aliphatic rings. The smallest absolute Gasteiger partial charge is 0.329 e. The predicted octanol–water partition coefficient (Wildman–Crippen LogP) is 0.752. The molecular weight excluding hydrogens is 164 g/mol. The highest BCUT2D eigenvalue weighted by Crippen LogP contribution is 2.18. The second-order valence-electron chi connectivity index (χ2n) is 2.57. The van der Waals surface area contributed by atoms with E-state index in [0.29, 0.717) is 0 Å². The minimum atomic E-state index is -0.331. The highest BCUT2D eigenvalue weighted by atomic mass is 32.1. The van der Waals surface area contributed by atoms with Crippen molar-refractivity contribution in [1.82, 2.24) is 9.55 Å². The molecule has 0 aliphatic heterocycles. The number of aromatic hydroxyl groups is 1. The number of rotatable bonds is 1. The molecule has 1 aromatic heterocycles. The maximum Gasteiger partial charge on any atom is 0.329 e. The first-order chi connectivity index (χ1) is 5.04. The van der Waals surface area contributed by atoms with Crippen molar-refractivity contribution in [1.29, 1.82) is 0 Å². The number of aromatic nitrogens is 2. The van der Waals surface area contributed by atoms with E-state index in [2.05, 4.69) is 17.6 Å². The van der Waals surface area contributed by atoms with Crippen LogP contribution in [-0.4, -0.2) is 14.7 Å². The molecule has 5 heteroatoms. The molecule has 0 atom stereocenters. The summed E-state index contributed by atoms with van der Waals surface area (Å²) in [4.78, 5) is 13.2. The molecule has 0 amide bonds. The monoisotopic (exact) mass is 174 g/mol. The van der Waals surface area contributed by atoms with Crippen LogP contribution in [0.5, 0.6) is 5.88 Å². The molecule has 0 unspecified atom stereocenters. The van der Waals surface area contributed by atoms with Gasteiger partial charge in [-0.05, 0) is 13.8 Å². The van der Waals surface area contributed by atoms with Crippen LogP contribution in [0.3, 0.4) is 0 Å². The van der Waals surface area contributed by atoms with E-state index in [4.69, 9.17) is 5.11 Å². The van der Waals surface area contributed by atoms with Crippen molar-refractivity contribution in [2.24, 2.45) is 0 Å². The number of aromatic amines is 1. The molecule has 1 rings (SSSR count). The van der Waals surface area contributed by atoms with Crippen LogP contribution in [-0.2, 0) is 0 Å². The van der Waals surface area contributed by atoms with Gasteiger partial charge in [0, 0.05) is 6.04 Å². The Balaban J connectivity index is 3.34. The molecule has 0 spiro atoms. The number of nitrogens with zero attached hydrogens (tertiary/aromatic N) is 1. The van der Waals surface area contributed by atoms with Crippen LogP contribution in [0.1, 0.15) is 19.9 Å². The molecule has 2 N–H and O–H groups in total. The van der Waals surface area contributed by atoms with Gasteiger partial charge in [-0.15, -0.1) is 12.6 Å². The highest BCUT2D eigenvalue weighted by molar-refractivity contribution is 7.80. The van der Waals surface area contributed by atoms with E-state index in [9.17, 15) is 4.79 Å². The number of imidazole rings is 1. The van der Waals surface area contributed by atoms with Gasteiger partial charge >= 0.3 is 5.69 Å².